The first-order valence-corrected chi connectivity index (χ1v) is 12.1. The van der Waals surface area contributed by atoms with Crippen LogP contribution in [-0.4, -0.2) is 18.1 Å². The summed E-state index contributed by atoms with van der Waals surface area (Å²) in [5, 5.41) is 1.63. The minimum Gasteiger partial charge on any atom is -0.337 e. The summed E-state index contributed by atoms with van der Waals surface area (Å²) < 4.78 is 0. The summed E-state index contributed by atoms with van der Waals surface area (Å²) in [6, 6.07) is 22.4. The Balaban J connectivity index is 1.63. The van der Waals surface area contributed by atoms with E-state index in [1.165, 1.54) is 22.9 Å². The van der Waals surface area contributed by atoms with Crippen molar-refractivity contribution in [2.24, 2.45) is 4.99 Å². The molecule has 0 aliphatic carbocycles. The molecular formula is C26H23N3OS2. The van der Waals surface area contributed by atoms with Crippen LogP contribution >= 0.6 is 23.5 Å². The topological polar surface area (TPSA) is 35.9 Å². The Morgan fingerprint density at radius 1 is 0.844 bits per heavy atom. The Hall–Kier alpha value is -2.96. The highest BCUT2D eigenvalue weighted by molar-refractivity contribution is 8.20. The maximum atomic E-state index is 13.7. The fraction of sp³-hybridized carbons (Fsp3) is 0.154. The molecule has 1 fully saturated rings. The Morgan fingerprint density at radius 3 is 2.41 bits per heavy atom. The summed E-state index contributed by atoms with van der Waals surface area (Å²) in [7, 11) is 2.02. The first-order valence-electron chi connectivity index (χ1n) is 10.4. The number of hydrogen-bond donors (Lipinski definition) is 0. The largest absolute Gasteiger partial charge is 0.337 e. The van der Waals surface area contributed by atoms with Gasteiger partial charge >= 0.3 is 0 Å². The number of hydrogen-bond acceptors (Lipinski definition) is 5. The van der Waals surface area contributed by atoms with E-state index < -0.39 is 0 Å². The van der Waals surface area contributed by atoms with E-state index >= 15 is 0 Å². The normalized spacial score (nSPS) is 19.2. The summed E-state index contributed by atoms with van der Waals surface area (Å²) >= 11 is 3.09. The van der Waals surface area contributed by atoms with E-state index in [2.05, 4.69) is 43.0 Å². The van der Waals surface area contributed by atoms with Gasteiger partial charge in [0.15, 0.2) is 5.17 Å². The van der Waals surface area contributed by atoms with Gasteiger partial charge in [-0.25, -0.2) is 4.99 Å². The van der Waals surface area contributed by atoms with Crippen LogP contribution in [0.15, 0.2) is 86.6 Å². The van der Waals surface area contributed by atoms with Gasteiger partial charge in [-0.1, -0.05) is 42.1 Å². The number of aryl methyl sites for hydroxylation is 3. The fourth-order valence-corrected chi connectivity index (χ4v) is 6.12. The maximum absolute atomic E-state index is 13.7. The second kappa shape index (κ2) is 8.19. The zero-order valence-electron chi connectivity index (χ0n) is 18.4. The quantitative estimate of drug-likeness (QED) is 0.397. The van der Waals surface area contributed by atoms with Gasteiger partial charge in [0.05, 0.1) is 22.1 Å². The van der Waals surface area contributed by atoms with Gasteiger partial charge in [0, 0.05) is 11.9 Å². The molecule has 1 saturated heterocycles. The number of anilines is 2. The number of carbonyl (C=O) groups is 1. The number of fused-ring (bicyclic) bond motifs is 1. The van der Waals surface area contributed by atoms with Crippen molar-refractivity contribution in [3.05, 3.63) is 93.4 Å². The Kier molecular flexibility index (Phi) is 5.35. The van der Waals surface area contributed by atoms with Crippen LogP contribution < -0.4 is 9.80 Å². The van der Waals surface area contributed by atoms with Crippen molar-refractivity contribution >= 4 is 51.7 Å². The molecule has 0 bridgehead atoms. The molecule has 2 aliphatic heterocycles. The van der Waals surface area contributed by atoms with Gasteiger partial charge < -0.3 is 4.90 Å². The average Bonchev–Trinajstić information content (AvgIpc) is 3.27. The molecule has 0 aromatic heterocycles. The van der Waals surface area contributed by atoms with Crippen molar-refractivity contribution in [1.29, 1.82) is 0 Å². The van der Waals surface area contributed by atoms with Gasteiger partial charge in [-0.3, -0.25) is 9.69 Å². The Bertz CT molecular complexity index is 1310. The first kappa shape index (κ1) is 20.9. The fourth-order valence-electron chi connectivity index (χ4n) is 3.78. The van der Waals surface area contributed by atoms with Crippen molar-refractivity contribution in [3.8, 4) is 0 Å². The van der Waals surface area contributed by atoms with Crippen LogP contribution in [0.4, 0.5) is 17.1 Å². The van der Waals surface area contributed by atoms with E-state index in [-0.39, 0.29) is 5.91 Å². The van der Waals surface area contributed by atoms with Gasteiger partial charge in [0.25, 0.3) is 5.91 Å². The zero-order valence-corrected chi connectivity index (χ0v) is 20.1. The average molecular weight is 458 g/mol. The summed E-state index contributed by atoms with van der Waals surface area (Å²) in [6.07, 6.45) is 0. The van der Waals surface area contributed by atoms with Crippen LogP contribution in [0.2, 0.25) is 0 Å². The predicted octanol–water partition coefficient (Wildman–Crippen LogP) is 6.79. The number of thioether (sulfide) groups is 2. The Labute approximate surface area is 197 Å². The van der Waals surface area contributed by atoms with Gasteiger partial charge in [0.2, 0.25) is 0 Å². The zero-order chi connectivity index (χ0) is 22.4. The highest BCUT2D eigenvalue weighted by atomic mass is 32.2. The maximum Gasteiger partial charge on any atom is 0.274 e. The second-order valence-corrected chi connectivity index (χ2v) is 10.0. The summed E-state index contributed by atoms with van der Waals surface area (Å²) in [4.78, 5) is 24.4. The van der Waals surface area contributed by atoms with Crippen molar-refractivity contribution < 1.29 is 4.79 Å². The van der Waals surface area contributed by atoms with Gasteiger partial charge in [0.1, 0.15) is 4.91 Å². The molecule has 5 rings (SSSR count). The van der Waals surface area contributed by atoms with Crippen LogP contribution in [0.5, 0.6) is 0 Å². The number of amides is 1. The third kappa shape index (κ3) is 3.63. The molecule has 6 heteroatoms. The number of rotatable bonds is 2. The molecule has 0 spiro atoms. The van der Waals surface area contributed by atoms with Gasteiger partial charge in [-0.2, -0.15) is 0 Å². The third-order valence-electron chi connectivity index (χ3n) is 5.69. The molecule has 0 N–H and O–H groups in total. The van der Waals surface area contributed by atoms with E-state index in [1.807, 2.05) is 56.4 Å². The number of amidine groups is 1. The molecule has 0 atom stereocenters. The second-order valence-electron chi connectivity index (χ2n) is 8.01. The molecule has 0 saturated carbocycles. The summed E-state index contributed by atoms with van der Waals surface area (Å²) in [5.74, 6) is -0.0367. The molecule has 160 valence electrons. The van der Waals surface area contributed by atoms with Crippen LogP contribution in [0.25, 0.3) is 0 Å². The van der Waals surface area contributed by atoms with E-state index in [1.54, 1.807) is 16.7 Å². The summed E-state index contributed by atoms with van der Waals surface area (Å²) in [6.45, 7) is 6.21. The van der Waals surface area contributed by atoms with E-state index in [9.17, 15) is 4.79 Å². The lowest BCUT2D eigenvalue weighted by atomic mass is 10.1. The van der Waals surface area contributed by atoms with Crippen LogP contribution in [-0.2, 0) is 4.79 Å². The molecule has 3 aromatic rings. The first-order chi connectivity index (χ1) is 15.4. The number of nitrogens with zero attached hydrogens (tertiary/aromatic N) is 3. The standard InChI is InChI=1S/C26H23N3OS2/c1-16-8-7-9-20(14-16)29-24(30)23(25-28(4)21-10-5-6-11-22(21)31-25)32-26(29)27-19-13-12-17(2)18(3)15-19/h5-15H,1-4H3. The molecule has 0 unspecified atom stereocenters. The highest BCUT2D eigenvalue weighted by Crippen LogP contribution is 2.50. The van der Waals surface area contributed by atoms with E-state index in [4.69, 9.17) is 4.99 Å². The molecule has 1 amide bonds. The number of benzene rings is 3. The molecule has 4 nitrogen and oxygen atoms in total. The predicted molar refractivity (Wildman–Crippen MR) is 137 cm³/mol. The lowest BCUT2D eigenvalue weighted by molar-refractivity contribution is -0.113. The third-order valence-corrected chi connectivity index (χ3v) is 8.08. The minimum absolute atomic E-state index is 0.0367. The SMILES string of the molecule is Cc1cccc(N2C(=O)C(=C3Sc4ccccc4N3C)SC2=Nc2ccc(C)c(C)c2)c1. The van der Waals surface area contributed by atoms with Crippen LogP contribution in [0.1, 0.15) is 16.7 Å². The smallest absolute Gasteiger partial charge is 0.274 e. The van der Waals surface area contributed by atoms with Crippen LogP contribution in [0, 0.1) is 20.8 Å². The van der Waals surface area contributed by atoms with Gasteiger partial charge in [-0.15, -0.1) is 0 Å². The minimum atomic E-state index is -0.0367. The molecule has 2 aliphatic rings. The molecule has 3 aromatic carbocycles. The molecule has 0 radical (unpaired) electrons. The number of para-hydroxylation sites is 1. The number of aliphatic imine (C=N–C) groups is 1. The van der Waals surface area contributed by atoms with E-state index in [0.29, 0.717) is 10.1 Å². The Morgan fingerprint density at radius 2 is 1.66 bits per heavy atom. The lowest BCUT2D eigenvalue weighted by Crippen LogP contribution is -2.29. The highest BCUT2D eigenvalue weighted by Gasteiger charge is 2.40. The summed E-state index contributed by atoms with van der Waals surface area (Å²) in [5.41, 5.74) is 6.32. The van der Waals surface area contributed by atoms with Crippen molar-refractivity contribution in [2.45, 2.75) is 25.7 Å². The lowest BCUT2D eigenvalue weighted by Gasteiger charge is -2.17. The molecule has 2 heterocycles. The van der Waals surface area contributed by atoms with Crippen molar-refractivity contribution in [3.63, 3.8) is 0 Å². The monoisotopic (exact) mass is 457 g/mol. The van der Waals surface area contributed by atoms with Crippen molar-refractivity contribution in [2.75, 3.05) is 16.8 Å². The van der Waals surface area contributed by atoms with Crippen molar-refractivity contribution in [1.82, 2.24) is 0 Å². The number of carbonyl (C=O) groups excluding carboxylic acids is 1. The van der Waals surface area contributed by atoms with Gasteiger partial charge in [-0.05, 0) is 85.6 Å². The molecule has 32 heavy (non-hydrogen) atoms. The molecular weight excluding hydrogens is 434 g/mol. The van der Waals surface area contributed by atoms with Crippen LogP contribution in [0.3, 0.4) is 0 Å². The van der Waals surface area contributed by atoms with E-state index in [0.717, 1.165) is 32.6 Å².